The molecule has 2 aliphatic rings. The predicted molar refractivity (Wildman–Crippen MR) is 112 cm³/mol. The van der Waals surface area contributed by atoms with E-state index >= 15 is 0 Å². The van der Waals surface area contributed by atoms with Crippen LogP contribution in [0.5, 0.6) is 5.75 Å². The van der Waals surface area contributed by atoms with Crippen LogP contribution in [0.4, 0.5) is 4.79 Å². The molecule has 1 spiro atoms. The van der Waals surface area contributed by atoms with Crippen LogP contribution in [0.15, 0.2) is 24.3 Å². The molecule has 1 atom stereocenters. The summed E-state index contributed by atoms with van der Waals surface area (Å²) in [5.41, 5.74) is 1.20. The quantitative estimate of drug-likeness (QED) is 0.812. The number of carbonyl (C=O) groups is 1. The smallest absolute Gasteiger partial charge is 0.410 e. The third-order valence-corrected chi connectivity index (χ3v) is 6.24. The van der Waals surface area contributed by atoms with Crippen LogP contribution in [0.25, 0.3) is 0 Å². The maximum absolute atomic E-state index is 12.6. The van der Waals surface area contributed by atoms with Crippen molar-refractivity contribution in [1.82, 2.24) is 10.2 Å². The molecule has 0 aromatic heterocycles. The first-order valence-corrected chi connectivity index (χ1v) is 10.7. The summed E-state index contributed by atoms with van der Waals surface area (Å²) in [5, 5.41) is 3.80. The molecular weight excluding hydrogens is 352 g/mol. The molecule has 1 heterocycles. The van der Waals surface area contributed by atoms with E-state index in [1.54, 1.807) is 7.11 Å². The van der Waals surface area contributed by atoms with Gasteiger partial charge in [0.2, 0.25) is 0 Å². The molecule has 1 aliphatic carbocycles. The minimum absolute atomic E-state index is 0.178. The number of hydrogen-bond acceptors (Lipinski definition) is 4. The van der Waals surface area contributed by atoms with Gasteiger partial charge in [0.1, 0.15) is 11.4 Å². The van der Waals surface area contributed by atoms with Crippen LogP contribution in [0.2, 0.25) is 0 Å². The number of hydrogen-bond donors (Lipinski definition) is 1. The minimum atomic E-state index is -0.448. The number of nitrogens with one attached hydrogen (secondary N) is 1. The first-order chi connectivity index (χ1) is 13.3. The van der Waals surface area contributed by atoms with Gasteiger partial charge in [0.15, 0.2) is 0 Å². The van der Waals surface area contributed by atoms with E-state index in [9.17, 15) is 4.79 Å². The highest BCUT2D eigenvalue weighted by Gasteiger charge is 2.45. The highest BCUT2D eigenvalue weighted by atomic mass is 16.6. The topological polar surface area (TPSA) is 50.8 Å². The number of rotatable bonds is 5. The Hall–Kier alpha value is -1.75. The second-order valence-electron chi connectivity index (χ2n) is 9.35. The molecular formula is C23H36N2O3. The van der Waals surface area contributed by atoms with Crippen molar-refractivity contribution in [2.24, 2.45) is 5.41 Å². The average Bonchev–Trinajstić information content (AvgIpc) is 3.11. The first-order valence-electron chi connectivity index (χ1n) is 10.7. The lowest BCUT2D eigenvalue weighted by molar-refractivity contribution is 0.00108. The largest absolute Gasteiger partial charge is 0.497 e. The molecule has 156 valence electrons. The molecule has 1 saturated carbocycles. The molecule has 0 unspecified atom stereocenters. The second-order valence-corrected chi connectivity index (χ2v) is 9.35. The molecule has 1 aromatic carbocycles. The van der Waals surface area contributed by atoms with Gasteiger partial charge >= 0.3 is 6.09 Å². The SMILES string of the molecule is COc1ccc(CCN[C@H]2CN(C(=O)OC(C)(C)C)CCC23CCCC3)cc1. The summed E-state index contributed by atoms with van der Waals surface area (Å²) in [5.74, 6) is 0.891. The third-order valence-electron chi connectivity index (χ3n) is 6.24. The van der Waals surface area contributed by atoms with Gasteiger partial charge in [-0.15, -0.1) is 0 Å². The molecule has 1 saturated heterocycles. The molecule has 1 aromatic rings. The van der Waals surface area contributed by atoms with Crippen LogP contribution in [0.1, 0.15) is 58.4 Å². The Morgan fingerprint density at radius 1 is 1.18 bits per heavy atom. The Morgan fingerprint density at radius 2 is 1.86 bits per heavy atom. The van der Waals surface area contributed by atoms with Crippen molar-refractivity contribution in [3.05, 3.63) is 29.8 Å². The van der Waals surface area contributed by atoms with Crippen molar-refractivity contribution in [1.29, 1.82) is 0 Å². The van der Waals surface area contributed by atoms with Crippen LogP contribution >= 0.6 is 0 Å². The van der Waals surface area contributed by atoms with Gasteiger partial charge in [-0.2, -0.15) is 0 Å². The Labute approximate surface area is 169 Å². The summed E-state index contributed by atoms with van der Waals surface area (Å²) in [6.07, 6.45) is 7.04. The zero-order chi connectivity index (χ0) is 20.2. The highest BCUT2D eigenvalue weighted by molar-refractivity contribution is 5.68. The number of carbonyl (C=O) groups excluding carboxylic acids is 1. The number of amides is 1. The molecule has 5 nitrogen and oxygen atoms in total. The van der Waals surface area contributed by atoms with Gasteiger partial charge < -0.3 is 19.7 Å². The molecule has 2 fully saturated rings. The van der Waals surface area contributed by atoms with E-state index in [1.165, 1.54) is 31.2 Å². The standard InChI is InChI=1S/C23H36N2O3/c1-22(2,3)28-21(26)25-16-14-23(12-5-6-13-23)20(17-25)24-15-11-18-7-9-19(27-4)10-8-18/h7-10,20,24H,5-6,11-17H2,1-4H3/t20-/m0/s1. The number of methoxy groups -OCH3 is 1. The van der Waals surface area contributed by atoms with Crippen LogP contribution in [-0.2, 0) is 11.2 Å². The Kier molecular flexibility index (Phi) is 6.54. The maximum Gasteiger partial charge on any atom is 0.410 e. The second kappa shape index (κ2) is 8.73. The van der Waals surface area contributed by atoms with Crippen LogP contribution < -0.4 is 10.1 Å². The molecule has 1 N–H and O–H groups in total. The molecule has 1 amide bonds. The van der Waals surface area contributed by atoms with Crippen molar-refractivity contribution >= 4 is 6.09 Å². The lowest BCUT2D eigenvalue weighted by atomic mass is 9.73. The Morgan fingerprint density at radius 3 is 2.46 bits per heavy atom. The van der Waals surface area contributed by atoms with Gasteiger partial charge in [-0.1, -0.05) is 25.0 Å². The summed E-state index contributed by atoms with van der Waals surface area (Å²) in [4.78, 5) is 14.5. The summed E-state index contributed by atoms with van der Waals surface area (Å²) in [6.45, 7) is 8.26. The number of nitrogens with zero attached hydrogens (tertiary/aromatic N) is 1. The van der Waals surface area contributed by atoms with Crippen LogP contribution in [0, 0.1) is 5.41 Å². The fourth-order valence-electron chi connectivity index (χ4n) is 4.67. The Balaban J connectivity index is 1.59. The van der Waals surface area contributed by atoms with Gasteiger partial charge in [0.05, 0.1) is 7.11 Å². The lowest BCUT2D eigenvalue weighted by Crippen LogP contribution is -2.58. The van der Waals surface area contributed by atoms with E-state index in [2.05, 4.69) is 17.4 Å². The van der Waals surface area contributed by atoms with E-state index in [4.69, 9.17) is 9.47 Å². The lowest BCUT2D eigenvalue weighted by Gasteiger charge is -2.46. The summed E-state index contributed by atoms with van der Waals surface area (Å²) >= 11 is 0. The minimum Gasteiger partial charge on any atom is -0.497 e. The maximum atomic E-state index is 12.6. The van der Waals surface area contributed by atoms with Crippen LogP contribution in [0.3, 0.4) is 0 Å². The van der Waals surface area contributed by atoms with Gasteiger partial charge in [0.25, 0.3) is 0 Å². The van der Waals surface area contributed by atoms with E-state index in [1.807, 2.05) is 37.8 Å². The summed E-state index contributed by atoms with van der Waals surface area (Å²) in [7, 11) is 1.69. The zero-order valence-electron chi connectivity index (χ0n) is 17.9. The Bertz CT molecular complexity index is 645. The van der Waals surface area contributed by atoms with Crippen molar-refractivity contribution in [2.75, 3.05) is 26.7 Å². The fourth-order valence-corrected chi connectivity index (χ4v) is 4.67. The van der Waals surface area contributed by atoms with E-state index in [-0.39, 0.29) is 6.09 Å². The predicted octanol–water partition coefficient (Wildman–Crippen LogP) is 4.40. The van der Waals surface area contributed by atoms with E-state index in [0.717, 1.165) is 38.2 Å². The van der Waals surface area contributed by atoms with Gasteiger partial charge in [-0.05, 0) is 76.1 Å². The molecule has 28 heavy (non-hydrogen) atoms. The van der Waals surface area contributed by atoms with Crippen LogP contribution in [-0.4, -0.2) is 49.4 Å². The normalized spacial score (nSPS) is 21.7. The number of piperidine rings is 1. The van der Waals surface area contributed by atoms with Crippen molar-refractivity contribution in [3.63, 3.8) is 0 Å². The molecule has 0 radical (unpaired) electrons. The molecule has 1 aliphatic heterocycles. The van der Waals surface area contributed by atoms with Gasteiger partial charge in [0, 0.05) is 19.1 Å². The number of likely N-dealkylation sites (tertiary alicyclic amines) is 1. The molecule has 3 rings (SSSR count). The van der Waals surface area contributed by atoms with E-state index in [0.29, 0.717) is 11.5 Å². The number of ether oxygens (including phenoxy) is 2. The van der Waals surface area contributed by atoms with Crippen molar-refractivity contribution in [2.45, 2.75) is 70.9 Å². The zero-order valence-corrected chi connectivity index (χ0v) is 17.9. The monoisotopic (exact) mass is 388 g/mol. The fraction of sp³-hybridized carbons (Fsp3) is 0.696. The highest BCUT2D eigenvalue weighted by Crippen LogP contribution is 2.46. The first kappa shape index (κ1) is 21.0. The molecule has 5 heteroatoms. The van der Waals surface area contributed by atoms with Gasteiger partial charge in [-0.3, -0.25) is 0 Å². The van der Waals surface area contributed by atoms with E-state index < -0.39 is 5.60 Å². The summed E-state index contributed by atoms with van der Waals surface area (Å²) in [6, 6.07) is 8.62. The third kappa shape index (κ3) is 5.19. The molecule has 0 bridgehead atoms. The van der Waals surface area contributed by atoms with Gasteiger partial charge in [-0.25, -0.2) is 4.79 Å². The average molecular weight is 389 g/mol. The van der Waals surface area contributed by atoms with Crippen molar-refractivity contribution in [3.8, 4) is 5.75 Å². The number of benzene rings is 1. The summed E-state index contributed by atoms with van der Waals surface area (Å²) < 4.78 is 10.9. The van der Waals surface area contributed by atoms with Crippen molar-refractivity contribution < 1.29 is 14.3 Å².